The maximum absolute atomic E-state index is 11.9. The summed E-state index contributed by atoms with van der Waals surface area (Å²) in [6.07, 6.45) is 3.77. The zero-order valence-electron chi connectivity index (χ0n) is 11.9. The predicted octanol–water partition coefficient (Wildman–Crippen LogP) is 3.49. The van der Waals surface area contributed by atoms with Gasteiger partial charge in [-0.05, 0) is 43.3 Å². The van der Waals surface area contributed by atoms with Crippen molar-refractivity contribution >= 4 is 17.6 Å². The number of benzene rings is 1. The van der Waals surface area contributed by atoms with Crippen molar-refractivity contribution in [2.24, 2.45) is 0 Å². The summed E-state index contributed by atoms with van der Waals surface area (Å²) < 4.78 is 8.59. The second-order valence-corrected chi connectivity index (χ2v) is 5.02. The lowest BCUT2D eigenvalue weighted by atomic mass is 10.3. The van der Waals surface area contributed by atoms with E-state index < -0.39 is 5.97 Å². The van der Waals surface area contributed by atoms with Crippen LogP contribution in [0.2, 0.25) is 5.02 Å². The van der Waals surface area contributed by atoms with E-state index in [-0.39, 0.29) is 5.69 Å². The fourth-order valence-electron chi connectivity index (χ4n) is 2.12. The highest BCUT2D eigenvalue weighted by Gasteiger charge is 2.17. The lowest BCUT2D eigenvalue weighted by molar-refractivity contribution is 0.0519. The minimum atomic E-state index is -0.441. The molecule has 0 radical (unpaired) electrons. The van der Waals surface area contributed by atoms with Crippen LogP contribution in [0.25, 0.3) is 11.5 Å². The molecule has 0 amide bonds. The summed E-state index contributed by atoms with van der Waals surface area (Å²) in [5.74, 6) is 0.305. The van der Waals surface area contributed by atoms with Crippen molar-refractivity contribution in [2.45, 2.75) is 6.92 Å². The molecule has 0 aliphatic heterocycles. The molecule has 0 saturated heterocycles. The van der Waals surface area contributed by atoms with E-state index >= 15 is 0 Å². The Hall–Kier alpha value is -2.53. The summed E-state index contributed by atoms with van der Waals surface area (Å²) in [5, 5.41) is 5.01. The summed E-state index contributed by atoms with van der Waals surface area (Å²) in [7, 11) is 0. The van der Waals surface area contributed by atoms with Crippen LogP contribution in [0.3, 0.4) is 0 Å². The maximum Gasteiger partial charge on any atom is 0.358 e. The molecule has 2 aromatic heterocycles. The molecule has 0 aliphatic rings. The van der Waals surface area contributed by atoms with Crippen LogP contribution in [0.15, 0.2) is 54.9 Å². The first-order valence-corrected chi connectivity index (χ1v) is 7.23. The van der Waals surface area contributed by atoms with Crippen LogP contribution in [0.1, 0.15) is 17.4 Å². The van der Waals surface area contributed by atoms with Crippen LogP contribution in [0.5, 0.6) is 0 Å². The van der Waals surface area contributed by atoms with E-state index in [4.69, 9.17) is 16.3 Å². The number of aromatic nitrogens is 3. The Kier molecular flexibility index (Phi) is 3.98. The van der Waals surface area contributed by atoms with Crippen molar-refractivity contribution in [3.8, 4) is 11.5 Å². The molecule has 0 spiro atoms. The summed E-state index contributed by atoms with van der Waals surface area (Å²) >= 11 is 5.93. The molecule has 0 unspecified atom stereocenters. The number of hydrogen-bond acceptors (Lipinski definition) is 3. The number of hydrogen-bond donors (Lipinski definition) is 0. The molecule has 0 saturated carbocycles. The largest absolute Gasteiger partial charge is 0.461 e. The molecule has 0 fully saturated rings. The van der Waals surface area contributed by atoms with E-state index in [0.29, 0.717) is 11.6 Å². The molecule has 6 heteroatoms. The standard InChI is InChI=1S/C16H14ClN3O2/c1-2-22-16(21)14-11-15(19-9-3-4-10-19)20(18-14)13-7-5-12(17)6-8-13/h3-11H,2H2,1H3. The van der Waals surface area contributed by atoms with Crippen LogP contribution in [0, 0.1) is 0 Å². The number of rotatable bonds is 4. The van der Waals surface area contributed by atoms with E-state index in [2.05, 4.69) is 5.10 Å². The van der Waals surface area contributed by atoms with E-state index in [1.54, 1.807) is 29.8 Å². The highest BCUT2D eigenvalue weighted by Crippen LogP contribution is 2.19. The maximum atomic E-state index is 11.9. The van der Waals surface area contributed by atoms with Crippen LogP contribution in [-0.4, -0.2) is 26.9 Å². The number of nitrogens with zero attached hydrogens (tertiary/aromatic N) is 3. The summed E-state index contributed by atoms with van der Waals surface area (Å²) in [6.45, 7) is 2.08. The number of esters is 1. The molecule has 5 nitrogen and oxygen atoms in total. The van der Waals surface area contributed by atoms with Crippen LogP contribution in [-0.2, 0) is 4.74 Å². The zero-order valence-corrected chi connectivity index (χ0v) is 12.7. The Bertz CT molecular complexity index is 776. The number of carbonyl (C=O) groups is 1. The second-order valence-electron chi connectivity index (χ2n) is 4.59. The van der Waals surface area contributed by atoms with E-state index in [9.17, 15) is 4.79 Å². The first-order chi connectivity index (χ1) is 10.7. The SMILES string of the molecule is CCOC(=O)c1cc(-n2cccc2)n(-c2ccc(Cl)cc2)n1. The Morgan fingerprint density at radius 1 is 1.23 bits per heavy atom. The Balaban J connectivity index is 2.10. The molecule has 2 heterocycles. The van der Waals surface area contributed by atoms with Crippen LogP contribution in [0.4, 0.5) is 0 Å². The van der Waals surface area contributed by atoms with Crippen molar-refractivity contribution in [3.05, 3.63) is 65.6 Å². The predicted molar refractivity (Wildman–Crippen MR) is 83.9 cm³/mol. The van der Waals surface area contributed by atoms with Crippen LogP contribution >= 0.6 is 11.6 Å². The molecule has 1 aromatic carbocycles. The minimum absolute atomic E-state index is 0.264. The summed E-state index contributed by atoms with van der Waals surface area (Å²) in [4.78, 5) is 11.9. The lowest BCUT2D eigenvalue weighted by Crippen LogP contribution is -2.07. The topological polar surface area (TPSA) is 49.0 Å². The van der Waals surface area contributed by atoms with Crippen LogP contribution < -0.4 is 0 Å². The molecular weight excluding hydrogens is 302 g/mol. The van der Waals surface area contributed by atoms with Gasteiger partial charge < -0.3 is 9.30 Å². The number of carbonyl (C=O) groups excluding carboxylic acids is 1. The van der Waals surface area contributed by atoms with Gasteiger partial charge in [-0.15, -0.1) is 0 Å². The molecule has 22 heavy (non-hydrogen) atoms. The lowest BCUT2D eigenvalue weighted by Gasteiger charge is -2.08. The molecule has 0 aliphatic carbocycles. The van der Waals surface area contributed by atoms with Gasteiger partial charge in [0, 0.05) is 23.5 Å². The molecule has 0 N–H and O–H groups in total. The molecule has 0 bridgehead atoms. The fourth-order valence-corrected chi connectivity index (χ4v) is 2.25. The normalized spacial score (nSPS) is 10.6. The Labute approximate surface area is 132 Å². The van der Waals surface area contributed by atoms with Gasteiger partial charge in [-0.3, -0.25) is 0 Å². The van der Waals surface area contributed by atoms with E-state index in [0.717, 1.165) is 11.5 Å². The third-order valence-electron chi connectivity index (χ3n) is 3.12. The van der Waals surface area contributed by atoms with Gasteiger partial charge in [-0.2, -0.15) is 5.10 Å². The third-order valence-corrected chi connectivity index (χ3v) is 3.37. The van der Waals surface area contributed by atoms with Gasteiger partial charge >= 0.3 is 5.97 Å². The first-order valence-electron chi connectivity index (χ1n) is 6.85. The van der Waals surface area contributed by atoms with Gasteiger partial charge in [0.15, 0.2) is 5.69 Å². The molecule has 0 atom stereocenters. The molecular formula is C16H14ClN3O2. The monoisotopic (exact) mass is 315 g/mol. The van der Waals surface area contributed by atoms with Crippen molar-refractivity contribution < 1.29 is 9.53 Å². The average molecular weight is 316 g/mol. The Morgan fingerprint density at radius 3 is 2.55 bits per heavy atom. The van der Waals surface area contributed by atoms with Crippen molar-refractivity contribution in [3.63, 3.8) is 0 Å². The summed E-state index contributed by atoms with van der Waals surface area (Å²) in [5.41, 5.74) is 1.07. The molecule has 3 aromatic rings. The van der Waals surface area contributed by atoms with E-state index in [1.165, 1.54) is 0 Å². The van der Waals surface area contributed by atoms with Crippen molar-refractivity contribution in [1.82, 2.24) is 14.3 Å². The van der Waals surface area contributed by atoms with Gasteiger partial charge in [0.1, 0.15) is 5.82 Å². The highest BCUT2D eigenvalue weighted by molar-refractivity contribution is 6.30. The Morgan fingerprint density at radius 2 is 1.91 bits per heavy atom. The van der Waals surface area contributed by atoms with Gasteiger partial charge in [0.25, 0.3) is 0 Å². The van der Waals surface area contributed by atoms with Gasteiger partial charge in [0.2, 0.25) is 0 Å². The molecule has 3 rings (SSSR count). The first kappa shape index (κ1) is 14.4. The zero-order chi connectivity index (χ0) is 15.5. The van der Waals surface area contributed by atoms with Crippen molar-refractivity contribution in [1.29, 1.82) is 0 Å². The smallest absolute Gasteiger partial charge is 0.358 e. The fraction of sp³-hybridized carbons (Fsp3) is 0.125. The summed E-state index contributed by atoms with van der Waals surface area (Å²) in [6, 6.07) is 12.8. The third kappa shape index (κ3) is 2.76. The number of halogens is 1. The minimum Gasteiger partial charge on any atom is -0.461 e. The van der Waals surface area contributed by atoms with Gasteiger partial charge in [-0.25, -0.2) is 9.48 Å². The van der Waals surface area contributed by atoms with Gasteiger partial charge in [0.05, 0.1) is 12.3 Å². The molecule has 112 valence electrons. The highest BCUT2D eigenvalue weighted by atomic mass is 35.5. The average Bonchev–Trinajstić information content (AvgIpc) is 3.17. The van der Waals surface area contributed by atoms with E-state index in [1.807, 2.05) is 41.2 Å². The second kappa shape index (κ2) is 6.07. The number of ether oxygens (including phenoxy) is 1. The van der Waals surface area contributed by atoms with Crippen molar-refractivity contribution in [2.75, 3.05) is 6.61 Å². The van der Waals surface area contributed by atoms with Gasteiger partial charge in [-0.1, -0.05) is 11.6 Å². The quantitative estimate of drug-likeness (QED) is 0.692.